The second-order valence-electron chi connectivity index (χ2n) is 5.05. The van der Waals surface area contributed by atoms with E-state index >= 15 is 0 Å². The van der Waals surface area contributed by atoms with Crippen molar-refractivity contribution in [3.05, 3.63) is 5.92 Å². The minimum Gasteiger partial charge on any atom is -0.311 e. The van der Waals surface area contributed by atoms with E-state index in [1.165, 1.54) is 0 Å². The molecule has 0 amide bonds. The van der Waals surface area contributed by atoms with E-state index in [1.807, 2.05) is 5.92 Å². The van der Waals surface area contributed by atoms with Crippen LogP contribution in [0.4, 0.5) is 0 Å². The van der Waals surface area contributed by atoms with Crippen LogP contribution in [0.5, 0.6) is 0 Å². The summed E-state index contributed by atoms with van der Waals surface area (Å²) in [5.41, 5.74) is 0. The molecule has 4 fully saturated rings. The monoisotopic (exact) mass is 156 g/mol. The van der Waals surface area contributed by atoms with E-state index < -0.39 is 0 Å². The van der Waals surface area contributed by atoms with Gasteiger partial charge in [-0.05, 0) is 18.3 Å². The SMILES string of the molecule is C[C-]1C2CC3CC(C2)CC1C3.[Li+]. The van der Waals surface area contributed by atoms with Gasteiger partial charge in [0.2, 0.25) is 0 Å². The molecule has 0 saturated heterocycles. The molecule has 0 aliphatic heterocycles. The molecular formula is C11H17Li. The van der Waals surface area contributed by atoms with Crippen LogP contribution in [0.2, 0.25) is 0 Å². The third-order valence-corrected chi connectivity index (χ3v) is 4.43. The summed E-state index contributed by atoms with van der Waals surface area (Å²) < 4.78 is 0. The Morgan fingerprint density at radius 1 is 0.833 bits per heavy atom. The largest absolute Gasteiger partial charge is 1.00 e. The van der Waals surface area contributed by atoms with Crippen molar-refractivity contribution in [3.8, 4) is 0 Å². The zero-order valence-electron chi connectivity index (χ0n) is 8.34. The van der Waals surface area contributed by atoms with Crippen molar-refractivity contribution < 1.29 is 18.9 Å². The van der Waals surface area contributed by atoms with Gasteiger partial charge in [0.25, 0.3) is 0 Å². The second-order valence-corrected chi connectivity index (χ2v) is 5.05. The van der Waals surface area contributed by atoms with Gasteiger partial charge in [-0.25, -0.2) is 0 Å². The molecule has 0 unspecified atom stereocenters. The molecule has 0 heterocycles. The Morgan fingerprint density at radius 3 is 1.67 bits per heavy atom. The van der Waals surface area contributed by atoms with Crippen molar-refractivity contribution in [1.82, 2.24) is 0 Å². The molecule has 62 valence electrons. The molecule has 0 N–H and O–H groups in total. The summed E-state index contributed by atoms with van der Waals surface area (Å²) in [6.45, 7) is 2.42. The van der Waals surface area contributed by atoms with Crippen LogP contribution in [0.3, 0.4) is 0 Å². The summed E-state index contributed by atoms with van der Waals surface area (Å²) >= 11 is 0. The van der Waals surface area contributed by atoms with E-state index in [4.69, 9.17) is 0 Å². The molecule has 12 heavy (non-hydrogen) atoms. The fourth-order valence-corrected chi connectivity index (χ4v) is 3.93. The van der Waals surface area contributed by atoms with Gasteiger partial charge in [0.1, 0.15) is 0 Å². The minimum absolute atomic E-state index is 0. The molecular weight excluding hydrogens is 139 g/mol. The topological polar surface area (TPSA) is 0 Å². The molecule has 0 aromatic carbocycles. The summed E-state index contributed by atoms with van der Waals surface area (Å²) in [4.78, 5) is 0. The summed E-state index contributed by atoms with van der Waals surface area (Å²) in [7, 11) is 0. The Kier molecular flexibility index (Phi) is 2.34. The van der Waals surface area contributed by atoms with Crippen molar-refractivity contribution in [1.29, 1.82) is 0 Å². The van der Waals surface area contributed by atoms with E-state index in [0.717, 1.165) is 23.7 Å². The average molecular weight is 156 g/mol. The first kappa shape index (κ1) is 9.16. The molecule has 0 atom stereocenters. The van der Waals surface area contributed by atoms with Gasteiger partial charge in [0.15, 0.2) is 0 Å². The van der Waals surface area contributed by atoms with Gasteiger partial charge < -0.3 is 5.92 Å². The predicted octanol–water partition coefficient (Wildman–Crippen LogP) is 0.0409. The number of hydrogen-bond acceptors (Lipinski definition) is 0. The first-order valence-corrected chi connectivity index (χ1v) is 5.16. The zero-order valence-corrected chi connectivity index (χ0v) is 8.34. The zero-order chi connectivity index (χ0) is 7.42. The van der Waals surface area contributed by atoms with Crippen molar-refractivity contribution >= 4 is 0 Å². The Hall–Kier alpha value is 0.597. The van der Waals surface area contributed by atoms with Gasteiger partial charge in [-0.2, -0.15) is 18.8 Å². The Balaban J connectivity index is 0.000000563. The molecule has 0 aromatic heterocycles. The standard InChI is InChI=1S/C11H17.Li/c1-7-10-3-8-2-9(5-10)6-11(7)4-8;/h8-11H,2-6H2,1H3;/q-1;+1. The first-order valence-electron chi connectivity index (χ1n) is 5.16. The van der Waals surface area contributed by atoms with E-state index in [2.05, 4.69) is 6.92 Å². The minimum atomic E-state index is 0. The molecule has 0 nitrogen and oxygen atoms in total. The maximum atomic E-state index is 2.42. The summed E-state index contributed by atoms with van der Waals surface area (Å²) in [6.07, 6.45) is 7.80. The fraction of sp³-hybridized carbons (Fsp3) is 0.909. The molecule has 4 rings (SSSR count). The molecule has 1 heteroatoms. The molecule has 4 aliphatic rings. The molecule has 4 bridgehead atoms. The predicted molar refractivity (Wildman–Crippen MR) is 46.0 cm³/mol. The van der Waals surface area contributed by atoms with E-state index in [-0.39, 0.29) is 18.9 Å². The number of hydrogen-bond donors (Lipinski definition) is 0. The summed E-state index contributed by atoms with van der Waals surface area (Å²) in [5, 5.41) is 0. The Morgan fingerprint density at radius 2 is 1.25 bits per heavy atom. The Bertz CT molecular complexity index is 148. The van der Waals surface area contributed by atoms with Gasteiger partial charge in [-0.15, -0.1) is 0 Å². The molecule has 4 aliphatic carbocycles. The molecule has 4 saturated carbocycles. The van der Waals surface area contributed by atoms with Gasteiger partial charge in [0, 0.05) is 0 Å². The fourth-order valence-electron chi connectivity index (χ4n) is 3.93. The molecule has 0 radical (unpaired) electrons. The average Bonchev–Trinajstić information content (AvgIpc) is 1.98. The summed E-state index contributed by atoms with van der Waals surface area (Å²) in [6, 6.07) is 0. The van der Waals surface area contributed by atoms with E-state index in [0.29, 0.717) is 0 Å². The Labute approximate surface area is 87.7 Å². The first-order chi connectivity index (χ1) is 5.33. The van der Waals surface area contributed by atoms with Crippen LogP contribution in [-0.4, -0.2) is 0 Å². The van der Waals surface area contributed by atoms with Gasteiger partial charge in [-0.3, -0.25) is 0 Å². The summed E-state index contributed by atoms with van der Waals surface area (Å²) in [5.74, 6) is 6.28. The van der Waals surface area contributed by atoms with Crippen LogP contribution >= 0.6 is 0 Å². The van der Waals surface area contributed by atoms with Crippen LogP contribution in [0.1, 0.15) is 39.0 Å². The number of rotatable bonds is 0. The van der Waals surface area contributed by atoms with Gasteiger partial charge in [0.05, 0.1) is 0 Å². The van der Waals surface area contributed by atoms with Crippen molar-refractivity contribution in [2.24, 2.45) is 23.7 Å². The van der Waals surface area contributed by atoms with Crippen LogP contribution in [-0.2, 0) is 0 Å². The van der Waals surface area contributed by atoms with E-state index in [1.54, 1.807) is 32.1 Å². The van der Waals surface area contributed by atoms with Crippen LogP contribution in [0.15, 0.2) is 0 Å². The maximum Gasteiger partial charge on any atom is 1.00 e. The van der Waals surface area contributed by atoms with Crippen molar-refractivity contribution in [2.75, 3.05) is 0 Å². The quantitative estimate of drug-likeness (QED) is 0.343. The molecule has 0 spiro atoms. The van der Waals surface area contributed by atoms with Crippen LogP contribution in [0.25, 0.3) is 0 Å². The third kappa shape index (κ3) is 1.19. The second kappa shape index (κ2) is 3.07. The van der Waals surface area contributed by atoms with Crippen LogP contribution in [0, 0.1) is 29.6 Å². The van der Waals surface area contributed by atoms with Crippen molar-refractivity contribution in [2.45, 2.75) is 39.0 Å². The normalized spacial score (nSPS) is 50.8. The van der Waals surface area contributed by atoms with Crippen molar-refractivity contribution in [3.63, 3.8) is 0 Å². The van der Waals surface area contributed by atoms with E-state index in [9.17, 15) is 0 Å². The maximum absolute atomic E-state index is 2.42. The van der Waals surface area contributed by atoms with Crippen LogP contribution < -0.4 is 18.9 Å². The smallest absolute Gasteiger partial charge is 0.311 e. The van der Waals surface area contributed by atoms with Gasteiger partial charge in [-0.1, -0.05) is 25.7 Å². The third-order valence-electron chi connectivity index (χ3n) is 4.43. The van der Waals surface area contributed by atoms with Gasteiger partial charge >= 0.3 is 18.9 Å². The molecule has 0 aromatic rings.